The fraction of sp³-hybridized carbons (Fsp3) is 0.556. The number of aliphatic hydroxyl groups excluding tert-OH is 1. The largest absolute Gasteiger partial charge is 0.412 e. The van der Waals surface area contributed by atoms with Crippen molar-refractivity contribution in [1.29, 1.82) is 0 Å². The molecule has 7 N–H and O–H groups in total. The highest BCUT2D eigenvalue weighted by Gasteiger charge is 2.60. The summed E-state index contributed by atoms with van der Waals surface area (Å²) in [7, 11) is -10.3. The molecule has 26 heavy (non-hydrogen) atoms. The molecular weight excluding hydrogens is 408 g/mol. The molecule has 13 nitrogen and oxygen atoms in total. The monoisotopic (exact) mass is 422 g/mol. The number of aliphatic hydroxyl groups is 1. The first-order chi connectivity index (χ1) is 11.7. The summed E-state index contributed by atoms with van der Waals surface area (Å²) in [6.07, 6.45) is -5.93. The third-order valence-electron chi connectivity index (χ3n) is 3.15. The first-order valence-corrected chi connectivity index (χ1v) is 9.80. The molecule has 0 amide bonds. The van der Waals surface area contributed by atoms with Crippen molar-refractivity contribution in [1.82, 2.24) is 14.4 Å². The topological polar surface area (TPSA) is 206 Å². The SMILES string of the molecule is Nc1ccn([C@@H]2O[C@H](COP(=O)(O)NP(=O)(O)O)[C@H](O)C2(F)F)c(=O)n1. The minimum Gasteiger partial charge on any atom is -0.384 e. The molecule has 1 saturated heterocycles. The lowest BCUT2D eigenvalue weighted by atomic mass is 10.1. The van der Waals surface area contributed by atoms with Crippen molar-refractivity contribution in [3.05, 3.63) is 22.7 Å². The van der Waals surface area contributed by atoms with Crippen molar-refractivity contribution in [2.45, 2.75) is 24.4 Å². The third kappa shape index (κ3) is 4.71. The summed E-state index contributed by atoms with van der Waals surface area (Å²) in [5, 5.41) is 9.66. The van der Waals surface area contributed by atoms with E-state index in [-0.39, 0.29) is 5.82 Å². The third-order valence-corrected chi connectivity index (χ3v) is 5.71. The lowest BCUT2D eigenvalue weighted by Crippen LogP contribution is -2.42. The zero-order valence-electron chi connectivity index (χ0n) is 12.5. The van der Waals surface area contributed by atoms with E-state index < -0.39 is 52.1 Å². The predicted octanol–water partition coefficient (Wildman–Crippen LogP) is -1.48. The second-order valence-electron chi connectivity index (χ2n) is 5.15. The fourth-order valence-electron chi connectivity index (χ4n) is 2.08. The number of nitrogens with one attached hydrogen (secondary N) is 1. The van der Waals surface area contributed by atoms with E-state index in [9.17, 15) is 32.7 Å². The summed E-state index contributed by atoms with van der Waals surface area (Å²) in [6.45, 7) is -1.15. The van der Waals surface area contributed by atoms with Crippen molar-refractivity contribution >= 4 is 21.3 Å². The van der Waals surface area contributed by atoms with Crippen LogP contribution >= 0.6 is 15.5 Å². The lowest BCUT2D eigenvalue weighted by Gasteiger charge is -2.20. The van der Waals surface area contributed by atoms with Gasteiger partial charge in [-0.25, -0.2) is 13.9 Å². The van der Waals surface area contributed by atoms with Crippen molar-refractivity contribution < 1.29 is 47.0 Å². The van der Waals surface area contributed by atoms with Crippen LogP contribution in [0.1, 0.15) is 6.23 Å². The highest BCUT2D eigenvalue weighted by molar-refractivity contribution is 7.66. The van der Waals surface area contributed by atoms with E-state index in [4.69, 9.17) is 20.3 Å². The Morgan fingerprint density at radius 2 is 2.04 bits per heavy atom. The number of nitrogens with two attached hydrogens (primary N) is 1. The molecule has 1 fully saturated rings. The number of halogens is 2. The quantitative estimate of drug-likeness (QED) is 0.290. The van der Waals surface area contributed by atoms with Gasteiger partial charge < -0.3 is 30.3 Å². The van der Waals surface area contributed by atoms with Gasteiger partial charge in [-0.3, -0.25) is 9.09 Å². The predicted molar refractivity (Wildman–Crippen MR) is 78.7 cm³/mol. The van der Waals surface area contributed by atoms with Gasteiger partial charge in [-0.1, -0.05) is 0 Å². The van der Waals surface area contributed by atoms with Crippen LogP contribution in [-0.4, -0.2) is 54.1 Å². The molecule has 2 rings (SSSR count). The zero-order chi connectivity index (χ0) is 19.9. The molecule has 1 aliphatic heterocycles. The molecule has 1 aromatic heterocycles. The Kier molecular flexibility index (Phi) is 5.69. The minimum atomic E-state index is -5.17. The van der Waals surface area contributed by atoms with Gasteiger partial charge in [0.25, 0.3) is 0 Å². The van der Waals surface area contributed by atoms with Crippen LogP contribution in [-0.2, 0) is 18.4 Å². The summed E-state index contributed by atoms with van der Waals surface area (Å²) in [4.78, 5) is 42.2. The fourth-order valence-corrected chi connectivity index (χ4v) is 3.98. The molecule has 0 aromatic carbocycles. The van der Waals surface area contributed by atoms with Crippen LogP contribution in [0.15, 0.2) is 17.1 Å². The van der Waals surface area contributed by atoms with Crippen LogP contribution in [0.4, 0.5) is 14.6 Å². The standard InChI is InChI=1S/C9H14F2N4O9P2/c10-9(11)6(16)4(3-23-26(21,22)14-25(18,19)20)24-7(9)15-2-1-5(12)13-8(15)17/h1-2,4,6-7,16H,3H2,(H2,12,13,17)(H4,14,18,19,20,21,22)/t4-,6+,7-/m1/s1. The first-order valence-electron chi connectivity index (χ1n) is 6.61. The molecule has 4 atom stereocenters. The van der Waals surface area contributed by atoms with Crippen LogP contribution in [0, 0.1) is 0 Å². The second kappa shape index (κ2) is 7.03. The summed E-state index contributed by atoms with van der Waals surface area (Å²) >= 11 is 0. The van der Waals surface area contributed by atoms with Crippen LogP contribution in [0.25, 0.3) is 0 Å². The molecule has 1 aromatic rings. The molecule has 2 heterocycles. The van der Waals surface area contributed by atoms with Gasteiger partial charge >= 0.3 is 27.1 Å². The normalized spacial score (nSPS) is 28.0. The number of alkyl halides is 2. The van der Waals surface area contributed by atoms with Crippen molar-refractivity contribution in [3.63, 3.8) is 0 Å². The molecule has 1 unspecified atom stereocenters. The van der Waals surface area contributed by atoms with Gasteiger partial charge in [-0.05, 0) is 6.07 Å². The Bertz CT molecular complexity index is 830. The van der Waals surface area contributed by atoms with Gasteiger partial charge in [-0.15, -0.1) is 4.86 Å². The molecule has 17 heteroatoms. The average molecular weight is 422 g/mol. The van der Waals surface area contributed by atoms with Gasteiger partial charge in [-0.2, -0.15) is 13.8 Å². The molecular formula is C9H14F2N4O9P2. The second-order valence-corrected chi connectivity index (χ2v) is 8.34. The molecule has 0 spiro atoms. The Morgan fingerprint density at radius 1 is 1.42 bits per heavy atom. The van der Waals surface area contributed by atoms with Crippen molar-refractivity contribution in [3.8, 4) is 0 Å². The van der Waals surface area contributed by atoms with Crippen LogP contribution < -0.4 is 16.3 Å². The Labute approximate surface area is 143 Å². The maximum atomic E-state index is 14.2. The number of nitrogens with zero attached hydrogens (tertiary/aromatic N) is 2. The first kappa shape index (κ1) is 21.0. The van der Waals surface area contributed by atoms with Crippen LogP contribution in [0.2, 0.25) is 0 Å². The Morgan fingerprint density at radius 3 is 2.58 bits per heavy atom. The molecule has 0 radical (unpaired) electrons. The Hall–Kier alpha value is -1.28. The number of hydrogen-bond acceptors (Lipinski definition) is 8. The zero-order valence-corrected chi connectivity index (χ0v) is 14.3. The van der Waals surface area contributed by atoms with Gasteiger partial charge in [0.1, 0.15) is 11.9 Å². The molecule has 0 bridgehead atoms. The minimum absolute atomic E-state index is 0.238. The highest BCUT2D eigenvalue weighted by Crippen LogP contribution is 2.49. The van der Waals surface area contributed by atoms with Crippen LogP contribution in [0.3, 0.4) is 0 Å². The summed E-state index contributed by atoms with van der Waals surface area (Å²) in [6, 6.07) is 1.03. The summed E-state index contributed by atoms with van der Waals surface area (Å²) in [5.41, 5.74) is 4.05. The van der Waals surface area contributed by atoms with E-state index in [0.29, 0.717) is 4.57 Å². The van der Waals surface area contributed by atoms with E-state index in [1.54, 1.807) is 0 Å². The van der Waals surface area contributed by atoms with Gasteiger partial charge in [0.15, 0.2) is 6.10 Å². The maximum absolute atomic E-state index is 14.2. The number of ether oxygens (including phenoxy) is 1. The van der Waals surface area contributed by atoms with Crippen molar-refractivity contribution in [2.24, 2.45) is 0 Å². The van der Waals surface area contributed by atoms with Gasteiger partial charge in [0, 0.05) is 6.20 Å². The lowest BCUT2D eigenvalue weighted by molar-refractivity contribution is -0.140. The number of anilines is 1. The van der Waals surface area contributed by atoms with E-state index in [2.05, 4.69) is 9.51 Å². The van der Waals surface area contributed by atoms with E-state index in [1.165, 1.54) is 0 Å². The number of rotatable bonds is 6. The smallest absolute Gasteiger partial charge is 0.384 e. The number of nitrogen functional groups attached to an aromatic ring is 1. The summed E-state index contributed by atoms with van der Waals surface area (Å²) in [5.74, 6) is -4.26. The van der Waals surface area contributed by atoms with Crippen molar-refractivity contribution in [2.75, 3.05) is 12.3 Å². The number of hydrogen-bond donors (Lipinski definition) is 6. The van der Waals surface area contributed by atoms with E-state index >= 15 is 0 Å². The average Bonchev–Trinajstić information content (AvgIpc) is 2.66. The molecule has 1 aliphatic rings. The molecule has 0 saturated carbocycles. The molecule has 148 valence electrons. The molecule has 0 aliphatic carbocycles. The van der Waals surface area contributed by atoms with E-state index in [1.807, 2.05) is 0 Å². The van der Waals surface area contributed by atoms with E-state index in [0.717, 1.165) is 17.1 Å². The Balaban J connectivity index is 2.17. The van der Waals surface area contributed by atoms with Crippen LogP contribution in [0.5, 0.6) is 0 Å². The van der Waals surface area contributed by atoms with Gasteiger partial charge in [0.2, 0.25) is 6.23 Å². The number of aromatic nitrogens is 2. The highest BCUT2D eigenvalue weighted by atomic mass is 31.3. The van der Waals surface area contributed by atoms with Gasteiger partial charge in [0.05, 0.1) is 6.61 Å². The summed E-state index contributed by atoms with van der Waals surface area (Å²) < 4.78 is 59.9. The maximum Gasteiger partial charge on any atom is 0.412 e.